The molecule has 5 heteroatoms. The Balaban J connectivity index is 1.98. The van der Waals surface area contributed by atoms with E-state index in [2.05, 4.69) is 41.2 Å². The molecule has 0 saturated heterocycles. The lowest BCUT2D eigenvalue weighted by atomic mass is 10.1. The standard InChI is InChI=1S/C20H28N2O2S/c1-4-17-9-11-18(12-10-17)13-21-14-19-7-5-6-8-20(19)15-25(23,24)22-16(2)3/h5-12,16,21-22H,4,13-15H2,1-3H3. The lowest BCUT2D eigenvalue weighted by Gasteiger charge is -2.13. The van der Waals surface area contributed by atoms with Crippen molar-refractivity contribution in [2.45, 2.75) is 52.1 Å². The van der Waals surface area contributed by atoms with Gasteiger partial charge in [0.05, 0.1) is 5.75 Å². The van der Waals surface area contributed by atoms with E-state index in [9.17, 15) is 8.42 Å². The fraction of sp³-hybridized carbons (Fsp3) is 0.400. The van der Waals surface area contributed by atoms with Crippen LogP contribution in [0.15, 0.2) is 48.5 Å². The molecule has 0 aliphatic heterocycles. The summed E-state index contributed by atoms with van der Waals surface area (Å²) in [5.41, 5.74) is 4.41. The second kappa shape index (κ2) is 9.13. The molecule has 0 spiro atoms. The van der Waals surface area contributed by atoms with Gasteiger partial charge in [-0.3, -0.25) is 0 Å². The molecule has 0 amide bonds. The number of hydrogen-bond donors (Lipinski definition) is 2. The van der Waals surface area contributed by atoms with Gasteiger partial charge in [-0.05, 0) is 42.5 Å². The normalized spacial score (nSPS) is 11.8. The molecule has 25 heavy (non-hydrogen) atoms. The van der Waals surface area contributed by atoms with Gasteiger partial charge in [-0.25, -0.2) is 13.1 Å². The summed E-state index contributed by atoms with van der Waals surface area (Å²) < 4.78 is 27.0. The number of benzene rings is 2. The summed E-state index contributed by atoms with van der Waals surface area (Å²) in [4.78, 5) is 0. The fourth-order valence-electron chi connectivity index (χ4n) is 2.71. The number of hydrogen-bond acceptors (Lipinski definition) is 3. The van der Waals surface area contributed by atoms with Crippen LogP contribution in [0.25, 0.3) is 0 Å². The molecular formula is C20H28N2O2S. The van der Waals surface area contributed by atoms with Crippen LogP contribution in [0.1, 0.15) is 43.0 Å². The minimum Gasteiger partial charge on any atom is -0.309 e. The molecule has 0 aromatic heterocycles. The molecule has 2 aromatic rings. The number of sulfonamides is 1. The zero-order valence-electron chi connectivity index (χ0n) is 15.2. The predicted molar refractivity (Wildman–Crippen MR) is 104 cm³/mol. The predicted octanol–water partition coefficient (Wildman–Crippen LogP) is 3.37. The molecule has 0 atom stereocenters. The molecule has 2 aromatic carbocycles. The van der Waals surface area contributed by atoms with Gasteiger partial charge in [-0.15, -0.1) is 0 Å². The summed E-state index contributed by atoms with van der Waals surface area (Å²) in [6, 6.07) is 16.2. The Bertz CT molecular complexity index is 769. The highest BCUT2D eigenvalue weighted by Crippen LogP contribution is 2.13. The number of rotatable bonds is 9. The van der Waals surface area contributed by atoms with Crippen LogP contribution in [0.2, 0.25) is 0 Å². The zero-order valence-corrected chi connectivity index (χ0v) is 16.1. The summed E-state index contributed by atoms with van der Waals surface area (Å²) in [5.74, 6) is 0.00816. The van der Waals surface area contributed by atoms with Crippen LogP contribution in [0.5, 0.6) is 0 Å². The summed E-state index contributed by atoms with van der Waals surface area (Å²) in [6.45, 7) is 7.20. The molecule has 0 aliphatic carbocycles. The van der Waals surface area contributed by atoms with Gasteiger partial charge in [0.1, 0.15) is 0 Å². The first-order valence-corrected chi connectivity index (χ1v) is 10.4. The van der Waals surface area contributed by atoms with Gasteiger partial charge in [-0.1, -0.05) is 55.5 Å². The topological polar surface area (TPSA) is 58.2 Å². The van der Waals surface area contributed by atoms with E-state index in [0.29, 0.717) is 6.54 Å². The van der Waals surface area contributed by atoms with E-state index in [1.165, 1.54) is 11.1 Å². The third-order valence-electron chi connectivity index (χ3n) is 3.95. The van der Waals surface area contributed by atoms with Crippen LogP contribution >= 0.6 is 0 Å². The van der Waals surface area contributed by atoms with Crippen LogP contribution in [0.4, 0.5) is 0 Å². The van der Waals surface area contributed by atoms with E-state index in [0.717, 1.165) is 24.1 Å². The van der Waals surface area contributed by atoms with Gasteiger partial charge in [0.15, 0.2) is 0 Å². The Morgan fingerprint density at radius 3 is 2.08 bits per heavy atom. The monoisotopic (exact) mass is 360 g/mol. The van der Waals surface area contributed by atoms with Gasteiger partial charge in [0.25, 0.3) is 0 Å². The van der Waals surface area contributed by atoms with Crippen molar-refractivity contribution in [3.05, 3.63) is 70.8 Å². The van der Waals surface area contributed by atoms with Gasteiger partial charge < -0.3 is 5.32 Å². The second-order valence-electron chi connectivity index (χ2n) is 6.57. The second-order valence-corrected chi connectivity index (χ2v) is 8.33. The lowest BCUT2D eigenvalue weighted by Crippen LogP contribution is -2.31. The van der Waals surface area contributed by atoms with Gasteiger partial charge in [0.2, 0.25) is 10.0 Å². The van der Waals surface area contributed by atoms with Crippen LogP contribution in [-0.2, 0) is 35.3 Å². The van der Waals surface area contributed by atoms with E-state index in [4.69, 9.17) is 0 Å². The van der Waals surface area contributed by atoms with Crippen molar-refractivity contribution in [1.29, 1.82) is 0 Å². The first kappa shape index (κ1) is 19.6. The highest BCUT2D eigenvalue weighted by Gasteiger charge is 2.15. The molecule has 0 unspecified atom stereocenters. The minimum atomic E-state index is -3.32. The van der Waals surface area contributed by atoms with E-state index >= 15 is 0 Å². The molecule has 136 valence electrons. The third-order valence-corrected chi connectivity index (χ3v) is 5.48. The largest absolute Gasteiger partial charge is 0.309 e. The molecule has 0 saturated carbocycles. The van der Waals surface area contributed by atoms with E-state index in [-0.39, 0.29) is 11.8 Å². The van der Waals surface area contributed by atoms with Crippen molar-refractivity contribution in [2.24, 2.45) is 0 Å². The molecule has 2 N–H and O–H groups in total. The van der Waals surface area contributed by atoms with E-state index in [1.54, 1.807) is 0 Å². The number of aryl methyl sites for hydroxylation is 1. The van der Waals surface area contributed by atoms with Crippen LogP contribution in [0, 0.1) is 0 Å². The van der Waals surface area contributed by atoms with Crippen molar-refractivity contribution < 1.29 is 8.42 Å². The first-order valence-electron chi connectivity index (χ1n) is 8.75. The summed E-state index contributed by atoms with van der Waals surface area (Å²) in [7, 11) is -3.32. The molecule has 0 bridgehead atoms. The van der Waals surface area contributed by atoms with Crippen molar-refractivity contribution in [2.75, 3.05) is 0 Å². The highest BCUT2D eigenvalue weighted by atomic mass is 32.2. The summed E-state index contributed by atoms with van der Waals surface area (Å²) in [5, 5.41) is 3.41. The Kier molecular flexibility index (Phi) is 7.17. The Morgan fingerprint density at radius 1 is 0.880 bits per heavy atom. The van der Waals surface area contributed by atoms with E-state index < -0.39 is 10.0 Å². The molecule has 2 rings (SSSR count). The first-order chi connectivity index (χ1) is 11.9. The number of nitrogens with one attached hydrogen (secondary N) is 2. The molecule has 0 aliphatic rings. The molecule has 0 heterocycles. The fourth-order valence-corrected chi connectivity index (χ4v) is 4.20. The van der Waals surface area contributed by atoms with Crippen LogP contribution in [0.3, 0.4) is 0 Å². The van der Waals surface area contributed by atoms with Gasteiger partial charge in [0, 0.05) is 19.1 Å². The third kappa shape index (κ3) is 6.61. The Morgan fingerprint density at radius 2 is 1.48 bits per heavy atom. The lowest BCUT2D eigenvalue weighted by molar-refractivity contribution is 0.568. The Hall–Kier alpha value is -1.69. The molecule has 0 fully saturated rings. The average Bonchev–Trinajstić information content (AvgIpc) is 2.55. The zero-order chi connectivity index (χ0) is 18.3. The minimum absolute atomic E-state index is 0.00816. The van der Waals surface area contributed by atoms with Crippen LogP contribution < -0.4 is 10.0 Å². The maximum Gasteiger partial charge on any atom is 0.216 e. The SMILES string of the molecule is CCc1ccc(CNCc2ccccc2CS(=O)(=O)NC(C)C)cc1. The van der Waals surface area contributed by atoms with Crippen LogP contribution in [-0.4, -0.2) is 14.5 Å². The highest BCUT2D eigenvalue weighted by molar-refractivity contribution is 7.88. The quantitative estimate of drug-likeness (QED) is 0.721. The average molecular weight is 361 g/mol. The smallest absolute Gasteiger partial charge is 0.216 e. The molecule has 4 nitrogen and oxygen atoms in total. The van der Waals surface area contributed by atoms with E-state index in [1.807, 2.05) is 38.1 Å². The molecule has 0 radical (unpaired) electrons. The maximum atomic E-state index is 12.2. The Labute approximate surface area is 151 Å². The van der Waals surface area contributed by atoms with Crippen molar-refractivity contribution in [3.63, 3.8) is 0 Å². The van der Waals surface area contributed by atoms with Crippen molar-refractivity contribution >= 4 is 10.0 Å². The summed E-state index contributed by atoms with van der Waals surface area (Å²) >= 11 is 0. The molecular weight excluding hydrogens is 332 g/mol. The van der Waals surface area contributed by atoms with Gasteiger partial charge in [-0.2, -0.15) is 0 Å². The maximum absolute atomic E-state index is 12.2. The van der Waals surface area contributed by atoms with Crippen molar-refractivity contribution in [1.82, 2.24) is 10.0 Å². The summed E-state index contributed by atoms with van der Waals surface area (Å²) in [6.07, 6.45) is 1.04. The van der Waals surface area contributed by atoms with Gasteiger partial charge >= 0.3 is 0 Å². The van der Waals surface area contributed by atoms with Crippen molar-refractivity contribution in [3.8, 4) is 0 Å².